The van der Waals surface area contributed by atoms with Crippen molar-refractivity contribution >= 4 is 36.9 Å². The second kappa shape index (κ2) is 7.61. The number of sulfonamides is 1. The van der Waals surface area contributed by atoms with Crippen molar-refractivity contribution in [1.29, 1.82) is 0 Å². The summed E-state index contributed by atoms with van der Waals surface area (Å²) in [5.41, 5.74) is 1.56. The molecule has 1 heterocycles. The lowest BCUT2D eigenvalue weighted by Gasteiger charge is -2.13. The maximum Gasteiger partial charge on any atom is 0.242 e. The van der Waals surface area contributed by atoms with Crippen LogP contribution in [-0.4, -0.2) is 27.6 Å². The fourth-order valence-electron chi connectivity index (χ4n) is 2.60. The van der Waals surface area contributed by atoms with E-state index in [2.05, 4.69) is 25.6 Å². The average Bonchev–Trinajstić information content (AvgIpc) is 2.65. The quantitative estimate of drug-likeness (QED) is 0.639. The number of ether oxygens (including phenoxy) is 2. The van der Waals surface area contributed by atoms with Crippen molar-refractivity contribution in [2.45, 2.75) is 11.4 Å². The number of rotatable bonds is 6. The first-order valence-electron chi connectivity index (χ1n) is 7.70. The molecule has 1 N–H and O–H groups in total. The fraction of sp³-hybridized carbons (Fsp3) is 0.167. The Hall–Kier alpha value is -2.16. The van der Waals surface area contributed by atoms with E-state index >= 15 is 0 Å². The fourth-order valence-corrected chi connectivity index (χ4v) is 4.64. The Balaban J connectivity index is 1.92. The molecule has 3 rings (SSSR count). The van der Waals surface area contributed by atoms with Gasteiger partial charge in [-0.2, -0.15) is 0 Å². The van der Waals surface area contributed by atoms with Crippen LogP contribution in [0.15, 0.2) is 58.0 Å². The molecular weight excluding hydrogens is 420 g/mol. The minimum absolute atomic E-state index is 0.0725. The summed E-state index contributed by atoms with van der Waals surface area (Å²) in [6.45, 7) is 0.122. The molecule has 0 saturated carbocycles. The summed E-state index contributed by atoms with van der Waals surface area (Å²) in [5, 5.41) is 0.955. The van der Waals surface area contributed by atoms with Crippen molar-refractivity contribution in [2.24, 2.45) is 0 Å². The molecule has 0 aliphatic carbocycles. The number of para-hydroxylation sites is 1. The summed E-state index contributed by atoms with van der Waals surface area (Å²) in [4.78, 5) is 4.41. The van der Waals surface area contributed by atoms with Crippen molar-refractivity contribution in [2.75, 3.05) is 14.2 Å². The molecule has 0 unspecified atom stereocenters. The van der Waals surface area contributed by atoms with E-state index < -0.39 is 10.0 Å². The van der Waals surface area contributed by atoms with Gasteiger partial charge in [-0.1, -0.05) is 24.3 Å². The lowest BCUT2D eigenvalue weighted by atomic mass is 10.1. The third-order valence-corrected chi connectivity index (χ3v) is 6.26. The molecule has 0 amide bonds. The minimum Gasteiger partial charge on any atom is -0.493 e. The third kappa shape index (κ3) is 3.67. The SMILES string of the molecule is COc1cc(Br)c(S(=O)(=O)NCc2cccc3cccnc23)cc1OC. The predicted octanol–water partition coefficient (Wildman–Crippen LogP) is 3.49. The Kier molecular flexibility index (Phi) is 5.45. The van der Waals surface area contributed by atoms with E-state index in [0.717, 1.165) is 16.5 Å². The van der Waals surface area contributed by atoms with Crippen LogP contribution < -0.4 is 14.2 Å². The summed E-state index contributed by atoms with van der Waals surface area (Å²) < 4.78 is 38.9. The van der Waals surface area contributed by atoms with Crippen LogP contribution in [0.5, 0.6) is 11.5 Å². The Morgan fingerprint density at radius 2 is 1.77 bits per heavy atom. The predicted molar refractivity (Wildman–Crippen MR) is 103 cm³/mol. The van der Waals surface area contributed by atoms with Gasteiger partial charge < -0.3 is 9.47 Å². The number of methoxy groups -OCH3 is 2. The molecule has 8 heteroatoms. The average molecular weight is 437 g/mol. The van der Waals surface area contributed by atoms with Gasteiger partial charge >= 0.3 is 0 Å². The number of hydrogen-bond donors (Lipinski definition) is 1. The van der Waals surface area contributed by atoms with Crippen LogP contribution in [0.25, 0.3) is 10.9 Å². The first-order valence-corrected chi connectivity index (χ1v) is 9.97. The number of fused-ring (bicyclic) bond motifs is 1. The molecule has 1 aromatic heterocycles. The molecule has 0 aliphatic heterocycles. The maximum absolute atomic E-state index is 12.8. The van der Waals surface area contributed by atoms with E-state index in [4.69, 9.17) is 9.47 Å². The molecule has 3 aromatic rings. The Morgan fingerprint density at radius 3 is 2.50 bits per heavy atom. The van der Waals surface area contributed by atoms with Gasteiger partial charge in [0.25, 0.3) is 0 Å². The van der Waals surface area contributed by atoms with Crippen molar-refractivity contribution in [1.82, 2.24) is 9.71 Å². The van der Waals surface area contributed by atoms with Gasteiger partial charge in [0.2, 0.25) is 10.0 Å². The monoisotopic (exact) mass is 436 g/mol. The zero-order chi connectivity index (χ0) is 18.7. The van der Waals surface area contributed by atoms with E-state index in [0.29, 0.717) is 16.0 Å². The van der Waals surface area contributed by atoms with Gasteiger partial charge in [0, 0.05) is 28.7 Å². The number of benzene rings is 2. The van der Waals surface area contributed by atoms with Crippen molar-refractivity contribution in [3.8, 4) is 11.5 Å². The minimum atomic E-state index is -3.78. The van der Waals surface area contributed by atoms with Crippen LogP contribution in [0.2, 0.25) is 0 Å². The first-order chi connectivity index (χ1) is 12.5. The second-order valence-corrected chi connectivity index (χ2v) is 8.04. The smallest absolute Gasteiger partial charge is 0.242 e. The summed E-state index contributed by atoms with van der Waals surface area (Å²) in [6, 6.07) is 12.4. The highest BCUT2D eigenvalue weighted by molar-refractivity contribution is 9.10. The number of halogens is 1. The number of pyridine rings is 1. The molecule has 0 aliphatic rings. The Morgan fingerprint density at radius 1 is 1.08 bits per heavy atom. The van der Waals surface area contributed by atoms with Crippen LogP contribution >= 0.6 is 15.9 Å². The number of hydrogen-bond acceptors (Lipinski definition) is 5. The van der Waals surface area contributed by atoms with Crippen LogP contribution in [-0.2, 0) is 16.6 Å². The molecule has 0 bridgehead atoms. The third-order valence-electron chi connectivity index (χ3n) is 3.90. The van der Waals surface area contributed by atoms with Gasteiger partial charge in [0.05, 0.1) is 19.7 Å². The molecule has 0 saturated heterocycles. The van der Waals surface area contributed by atoms with Crippen molar-refractivity contribution < 1.29 is 17.9 Å². The van der Waals surface area contributed by atoms with E-state index in [1.165, 1.54) is 20.3 Å². The van der Waals surface area contributed by atoms with Gasteiger partial charge in [-0.3, -0.25) is 4.98 Å². The highest BCUT2D eigenvalue weighted by Gasteiger charge is 2.21. The normalized spacial score (nSPS) is 11.5. The lowest BCUT2D eigenvalue weighted by molar-refractivity contribution is 0.353. The molecule has 0 spiro atoms. The largest absolute Gasteiger partial charge is 0.493 e. The van der Waals surface area contributed by atoms with Crippen molar-refractivity contribution in [3.05, 3.63) is 58.7 Å². The first kappa shape index (κ1) is 18.6. The topological polar surface area (TPSA) is 77.5 Å². The molecule has 6 nitrogen and oxygen atoms in total. The Bertz CT molecular complexity index is 1050. The lowest BCUT2D eigenvalue weighted by Crippen LogP contribution is -2.24. The summed E-state index contributed by atoms with van der Waals surface area (Å²) in [6.07, 6.45) is 1.69. The molecule has 0 fully saturated rings. The van der Waals surface area contributed by atoms with Gasteiger partial charge in [0.1, 0.15) is 4.90 Å². The summed E-state index contributed by atoms with van der Waals surface area (Å²) >= 11 is 3.29. The Labute approximate surface area is 160 Å². The van der Waals surface area contributed by atoms with Crippen LogP contribution in [0.1, 0.15) is 5.56 Å². The summed E-state index contributed by atoms with van der Waals surface area (Å²) in [5.74, 6) is 0.777. The van der Waals surface area contributed by atoms with Crippen molar-refractivity contribution in [3.63, 3.8) is 0 Å². The zero-order valence-electron chi connectivity index (χ0n) is 14.2. The standard InChI is InChI=1S/C18H17BrN2O4S/c1-24-15-9-14(19)17(10-16(15)25-2)26(22,23)21-11-13-6-3-5-12-7-4-8-20-18(12)13/h3-10,21H,11H2,1-2H3. The van der Waals surface area contributed by atoms with E-state index in [9.17, 15) is 8.42 Å². The van der Waals surface area contributed by atoms with Crippen LogP contribution in [0.4, 0.5) is 0 Å². The zero-order valence-corrected chi connectivity index (χ0v) is 16.6. The number of aromatic nitrogens is 1. The van der Waals surface area contributed by atoms with Gasteiger partial charge in [-0.15, -0.1) is 0 Å². The maximum atomic E-state index is 12.8. The van der Waals surface area contributed by atoms with E-state index in [1.54, 1.807) is 12.3 Å². The van der Waals surface area contributed by atoms with Crippen LogP contribution in [0.3, 0.4) is 0 Å². The summed E-state index contributed by atoms with van der Waals surface area (Å²) in [7, 11) is -0.830. The molecule has 2 aromatic carbocycles. The number of nitrogens with zero attached hydrogens (tertiary/aromatic N) is 1. The van der Waals surface area contributed by atoms with Gasteiger partial charge in [0.15, 0.2) is 11.5 Å². The number of nitrogens with one attached hydrogen (secondary N) is 1. The van der Waals surface area contributed by atoms with Gasteiger partial charge in [-0.05, 0) is 33.6 Å². The molecule has 0 atom stereocenters. The molecule has 26 heavy (non-hydrogen) atoms. The highest BCUT2D eigenvalue weighted by atomic mass is 79.9. The molecular formula is C18H17BrN2O4S. The second-order valence-electron chi connectivity index (χ2n) is 5.45. The van der Waals surface area contributed by atoms with Crippen LogP contribution in [0, 0.1) is 0 Å². The molecule has 136 valence electrons. The highest BCUT2D eigenvalue weighted by Crippen LogP contribution is 2.35. The molecule has 0 radical (unpaired) electrons. The van der Waals surface area contributed by atoms with E-state index in [1.807, 2.05) is 30.3 Å². The van der Waals surface area contributed by atoms with Gasteiger partial charge in [-0.25, -0.2) is 13.1 Å². The van der Waals surface area contributed by atoms with E-state index in [-0.39, 0.29) is 11.4 Å².